The van der Waals surface area contributed by atoms with Gasteiger partial charge in [0, 0.05) is 22.2 Å². The predicted octanol–water partition coefficient (Wildman–Crippen LogP) is 7.86. The van der Waals surface area contributed by atoms with Gasteiger partial charge >= 0.3 is 0 Å². The highest BCUT2D eigenvalue weighted by molar-refractivity contribution is 9.10. The smallest absolute Gasteiger partial charge is 0.175 e. The lowest BCUT2D eigenvalue weighted by Gasteiger charge is -2.16. The molecule has 32 heavy (non-hydrogen) atoms. The van der Waals surface area contributed by atoms with Crippen molar-refractivity contribution in [1.29, 1.82) is 0 Å². The maximum Gasteiger partial charge on any atom is 0.175 e. The molecule has 0 atom stereocenters. The van der Waals surface area contributed by atoms with Crippen molar-refractivity contribution in [2.75, 3.05) is 13.2 Å². The lowest BCUT2D eigenvalue weighted by molar-refractivity contribution is 0.264. The van der Waals surface area contributed by atoms with Gasteiger partial charge in [-0.1, -0.05) is 46.9 Å². The van der Waals surface area contributed by atoms with Gasteiger partial charge in [-0.3, -0.25) is 0 Å². The number of ether oxygens (including phenoxy) is 2. The van der Waals surface area contributed by atoms with E-state index in [9.17, 15) is 4.39 Å². The molecule has 0 aromatic heterocycles. The van der Waals surface area contributed by atoms with Crippen molar-refractivity contribution in [1.82, 2.24) is 5.32 Å². The lowest BCUT2D eigenvalue weighted by Crippen LogP contribution is -2.17. The zero-order valence-corrected chi connectivity index (χ0v) is 21.2. The van der Waals surface area contributed by atoms with Gasteiger partial charge in [-0.05, 0) is 83.3 Å². The van der Waals surface area contributed by atoms with E-state index in [4.69, 9.17) is 44.3 Å². The summed E-state index contributed by atoms with van der Waals surface area (Å²) in [5.41, 5.74) is 2.35. The number of hydrogen-bond acceptors (Lipinski definition) is 3. The summed E-state index contributed by atoms with van der Waals surface area (Å²) in [4.78, 5) is 0. The Balaban J connectivity index is 1.65. The van der Waals surface area contributed by atoms with Crippen molar-refractivity contribution in [2.45, 2.75) is 26.5 Å². The highest BCUT2D eigenvalue weighted by Crippen LogP contribution is 2.38. The van der Waals surface area contributed by atoms with E-state index >= 15 is 0 Å². The van der Waals surface area contributed by atoms with E-state index in [1.54, 1.807) is 18.2 Å². The molecule has 3 aromatic carbocycles. The minimum absolute atomic E-state index is 0.0103. The molecule has 0 aliphatic carbocycles. The van der Waals surface area contributed by atoms with Crippen molar-refractivity contribution in [3.05, 3.63) is 90.6 Å². The van der Waals surface area contributed by atoms with Crippen molar-refractivity contribution in [3.8, 4) is 11.5 Å². The van der Waals surface area contributed by atoms with Crippen LogP contribution in [0.4, 0.5) is 4.39 Å². The fourth-order valence-corrected chi connectivity index (χ4v) is 4.45. The number of rotatable bonds is 10. The molecule has 0 radical (unpaired) electrons. The molecule has 8 heteroatoms. The summed E-state index contributed by atoms with van der Waals surface area (Å²) in [6.45, 7) is 3.72. The quantitative estimate of drug-likeness (QED) is 0.256. The molecular formula is C24H22BrCl3FNO2. The van der Waals surface area contributed by atoms with Gasteiger partial charge in [0.15, 0.2) is 11.5 Å². The molecular weight excluding hydrogens is 540 g/mol. The summed E-state index contributed by atoms with van der Waals surface area (Å²) in [6, 6.07) is 13.9. The average molecular weight is 562 g/mol. The van der Waals surface area contributed by atoms with Gasteiger partial charge in [0.25, 0.3) is 0 Å². The number of nitrogens with one attached hydrogen (secondary N) is 1. The zero-order valence-electron chi connectivity index (χ0n) is 17.4. The predicted molar refractivity (Wildman–Crippen MR) is 133 cm³/mol. The van der Waals surface area contributed by atoms with Crippen LogP contribution in [0.25, 0.3) is 0 Å². The molecule has 0 spiro atoms. The third-order valence-corrected chi connectivity index (χ3v) is 6.24. The molecule has 1 N–H and O–H groups in total. The van der Waals surface area contributed by atoms with Crippen molar-refractivity contribution < 1.29 is 13.9 Å². The van der Waals surface area contributed by atoms with Crippen LogP contribution < -0.4 is 14.8 Å². The van der Waals surface area contributed by atoms with Crippen LogP contribution in [-0.2, 0) is 19.6 Å². The lowest BCUT2D eigenvalue weighted by atomic mass is 10.1. The van der Waals surface area contributed by atoms with Crippen molar-refractivity contribution >= 4 is 50.7 Å². The molecule has 0 amide bonds. The highest BCUT2D eigenvalue weighted by atomic mass is 79.9. The summed E-state index contributed by atoms with van der Waals surface area (Å²) in [5.74, 6) is 0.669. The van der Waals surface area contributed by atoms with E-state index in [0.29, 0.717) is 49.8 Å². The Bertz CT molecular complexity index is 1060. The first-order valence-corrected chi connectivity index (χ1v) is 12.0. The second-order valence-corrected chi connectivity index (χ2v) is 9.09. The first-order valence-electron chi connectivity index (χ1n) is 10.0. The molecule has 3 aromatic rings. The molecule has 3 nitrogen and oxygen atoms in total. The first kappa shape index (κ1) is 25.1. The Morgan fingerprint density at radius 2 is 1.81 bits per heavy atom. The van der Waals surface area contributed by atoms with Crippen LogP contribution >= 0.6 is 50.7 Å². The third kappa shape index (κ3) is 6.75. The summed E-state index contributed by atoms with van der Waals surface area (Å²) < 4.78 is 26.5. The Morgan fingerprint density at radius 3 is 2.53 bits per heavy atom. The monoisotopic (exact) mass is 559 g/mol. The Labute approximate surface area is 210 Å². The maximum absolute atomic E-state index is 14.1. The van der Waals surface area contributed by atoms with Crippen molar-refractivity contribution in [3.63, 3.8) is 0 Å². The Kier molecular flexibility index (Phi) is 9.50. The second-order valence-electron chi connectivity index (χ2n) is 6.99. The third-order valence-electron chi connectivity index (χ3n) is 4.71. The summed E-state index contributed by atoms with van der Waals surface area (Å²) in [5, 5.41) is 5.01. The minimum Gasteiger partial charge on any atom is -0.490 e. The maximum atomic E-state index is 14.1. The molecule has 0 unspecified atom stereocenters. The van der Waals surface area contributed by atoms with Crippen LogP contribution in [0.15, 0.2) is 53.0 Å². The first-order chi connectivity index (χ1) is 15.4. The summed E-state index contributed by atoms with van der Waals surface area (Å²) in [7, 11) is 0. The van der Waals surface area contributed by atoms with Crippen LogP contribution in [0.2, 0.25) is 15.1 Å². The van der Waals surface area contributed by atoms with Gasteiger partial charge in [0.1, 0.15) is 12.4 Å². The van der Waals surface area contributed by atoms with Gasteiger partial charge in [0.2, 0.25) is 0 Å². The normalized spacial score (nSPS) is 10.9. The summed E-state index contributed by atoms with van der Waals surface area (Å²) in [6.07, 6.45) is 0.778. The van der Waals surface area contributed by atoms with E-state index < -0.39 is 5.82 Å². The average Bonchev–Trinajstić information content (AvgIpc) is 2.74. The van der Waals surface area contributed by atoms with Gasteiger partial charge < -0.3 is 14.8 Å². The van der Waals surface area contributed by atoms with E-state index in [1.807, 2.05) is 31.2 Å². The number of hydrogen-bond donors (Lipinski definition) is 1. The standard InChI is InChI=1S/C24H22BrCl3FNO2/c1-2-31-23-11-15(13-30-9-8-16-6-7-17(26)12-21(16)28)10-19(25)24(23)32-14-18-20(27)4-3-5-22(18)29/h3-7,10-12,30H,2,8-9,13-14H2,1H3. The molecule has 0 saturated heterocycles. The van der Waals surface area contributed by atoms with E-state index in [1.165, 1.54) is 6.07 Å². The molecule has 0 fully saturated rings. The van der Waals surface area contributed by atoms with E-state index in [0.717, 1.165) is 24.1 Å². The summed E-state index contributed by atoms with van der Waals surface area (Å²) >= 11 is 21.8. The van der Waals surface area contributed by atoms with Gasteiger partial charge in [-0.25, -0.2) is 4.39 Å². The molecule has 0 aliphatic rings. The number of benzene rings is 3. The Hall–Kier alpha value is -1.50. The van der Waals surface area contributed by atoms with Gasteiger partial charge in [-0.2, -0.15) is 0 Å². The number of halogens is 5. The highest BCUT2D eigenvalue weighted by Gasteiger charge is 2.15. The van der Waals surface area contributed by atoms with E-state index in [2.05, 4.69) is 21.2 Å². The second kappa shape index (κ2) is 12.1. The molecule has 0 saturated carbocycles. The van der Waals surface area contributed by atoms with E-state index in [-0.39, 0.29) is 6.61 Å². The van der Waals surface area contributed by atoms with Crippen LogP contribution in [0, 0.1) is 5.82 Å². The molecule has 3 rings (SSSR count). The molecule has 170 valence electrons. The fourth-order valence-electron chi connectivity index (χ4n) is 3.12. The van der Waals surface area contributed by atoms with Crippen LogP contribution in [-0.4, -0.2) is 13.2 Å². The SMILES string of the molecule is CCOc1cc(CNCCc2ccc(Cl)cc2Cl)cc(Br)c1OCc1c(F)cccc1Cl. The molecule has 0 heterocycles. The van der Waals surface area contributed by atoms with Crippen LogP contribution in [0.1, 0.15) is 23.6 Å². The fraction of sp³-hybridized carbons (Fsp3) is 0.250. The topological polar surface area (TPSA) is 30.5 Å². The van der Waals surface area contributed by atoms with Crippen LogP contribution in [0.3, 0.4) is 0 Å². The van der Waals surface area contributed by atoms with Crippen molar-refractivity contribution in [2.24, 2.45) is 0 Å². The largest absolute Gasteiger partial charge is 0.490 e. The minimum atomic E-state index is -0.409. The van der Waals surface area contributed by atoms with Gasteiger partial charge in [0.05, 0.1) is 16.1 Å². The Morgan fingerprint density at radius 1 is 1.00 bits per heavy atom. The zero-order chi connectivity index (χ0) is 23.1. The van der Waals surface area contributed by atoms with Crippen LogP contribution in [0.5, 0.6) is 11.5 Å². The molecule has 0 bridgehead atoms. The molecule has 0 aliphatic heterocycles. The van der Waals surface area contributed by atoms with Gasteiger partial charge in [-0.15, -0.1) is 0 Å².